The van der Waals surface area contributed by atoms with Crippen LogP contribution in [-0.4, -0.2) is 31.8 Å². The third kappa shape index (κ3) is 5.59. The van der Waals surface area contributed by atoms with Crippen LogP contribution in [0.25, 0.3) is 0 Å². The van der Waals surface area contributed by atoms with Gasteiger partial charge in [-0.15, -0.1) is 6.58 Å². The van der Waals surface area contributed by atoms with Crippen LogP contribution in [0, 0.1) is 0 Å². The fourth-order valence-electron chi connectivity index (χ4n) is 0.982. The van der Waals surface area contributed by atoms with Gasteiger partial charge in [0.1, 0.15) is 0 Å². The molecule has 0 unspecified atom stereocenters. The summed E-state index contributed by atoms with van der Waals surface area (Å²) in [6, 6.07) is 0.570. The van der Waals surface area contributed by atoms with E-state index in [-0.39, 0.29) is 0 Å². The van der Waals surface area contributed by atoms with Gasteiger partial charge in [0.2, 0.25) is 0 Å². The molecular formula is C10H19N3O. The molecule has 0 bridgehead atoms. The summed E-state index contributed by atoms with van der Waals surface area (Å²) in [5.74, 6) is 0.542. The van der Waals surface area contributed by atoms with Crippen LogP contribution in [0.1, 0.15) is 19.3 Å². The highest BCUT2D eigenvalue weighted by molar-refractivity contribution is 5.78. The summed E-state index contributed by atoms with van der Waals surface area (Å²) in [5, 5.41) is 3.11. The first-order chi connectivity index (χ1) is 6.83. The molecule has 1 aliphatic rings. The molecule has 0 saturated heterocycles. The van der Waals surface area contributed by atoms with Gasteiger partial charge in [0.15, 0.2) is 5.96 Å². The summed E-state index contributed by atoms with van der Waals surface area (Å²) in [6.45, 7) is 5.58. The lowest BCUT2D eigenvalue weighted by Crippen LogP contribution is -2.33. The fourth-order valence-corrected chi connectivity index (χ4v) is 0.982. The number of nitrogens with one attached hydrogen (secondary N) is 1. The SMILES string of the molecule is C=CCCOCCN=C(N)NC1CC1. The van der Waals surface area contributed by atoms with Crippen LogP contribution < -0.4 is 11.1 Å². The molecule has 0 spiro atoms. The Bertz CT molecular complexity index is 200. The molecule has 4 nitrogen and oxygen atoms in total. The van der Waals surface area contributed by atoms with Gasteiger partial charge in [-0.2, -0.15) is 0 Å². The van der Waals surface area contributed by atoms with E-state index in [1.54, 1.807) is 0 Å². The molecule has 80 valence electrons. The highest BCUT2D eigenvalue weighted by Gasteiger charge is 2.21. The Morgan fingerprint density at radius 1 is 1.57 bits per heavy atom. The number of nitrogens with zero attached hydrogens (tertiary/aromatic N) is 1. The van der Waals surface area contributed by atoms with Crippen LogP contribution in [0.15, 0.2) is 17.6 Å². The predicted octanol–water partition coefficient (Wildman–Crippen LogP) is 0.646. The first-order valence-corrected chi connectivity index (χ1v) is 5.08. The van der Waals surface area contributed by atoms with Crippen molar-refractivity contribution in [1.82, 2.24) is 5.32 Å². The van der Waals surface area contributed by atoms with E-state index in [0.717, 1.165) is 13.0 Å². The van der Waals surface area contributed by atoms with Crippen molar-refractivity contribution >= 4 is 5.96 Å². The van der Waals surface area contributed by atoms with E-state index < -0.39 is 0 Å². The van der Waals surface area contributed by atoms with Crippen LogP contribution in [0.2, 0.25) is 0 Å². The highest BCUT2D eigenvalue weighted by atomic mass is 16.5. The van der Waals surface area contributed by atoms with Crippen molar-refractivity contribution in [2.24, 2.45) is 10.7 Å². The zero-order valence-corrected chi connectivity index (χ0v) is 8.54. The summed E-state index contributed by atoms with van der Waals surface area (Å²) in [5.41, 5.74) is 5.62. The van der Waals surface area contributed by atoms with Crippen LogP contribution >= 0.6 is 0 Å². The Morgan fingerprint density at radius 2 is 2.36 bits per heavy atom. The molecular weight excluding hydrogens is 178 g/mol. The summed E-state index contributed by atoms with van der Waals surface area (Å²) in [4.78, 5) is 4.13. The Labute approximate surface area is 85.2 Å². The molecule has 0 aromatic carbocycles. The highest BCUT2D eigenvalue weighted by Crippen LogP contribution is 2.17. The van der Waals surface area contributed by atoms with Crippen LogP contribution in [0.5, 0.6) is 0 Å². The molecule has 0 radical (unpaired) electrons. The Kier molecular flexibility index (Phi) is 5.07. The van der Waals surface area contributed by atoms with E-state index >= 15 is 0 Å². The van der Waals surface area contributed by atoms with Crippen LogP contribution in [0.3, 0.4) is 0 Å². The molecule has 14 heavy (non-hydrogen) atoms. The van der Waals surface area contributed by atoms with Gasteiger partial charge in [-0.3, -0.25) is 4.99 Å². The molecule has 0 aliphatic heterocycles. The lowest BCUT2D eigenvalue weighted by atomic mass is 10.5. The maximum Gasteiger partial charge on any atom is 0.188 e. The number of hydrogen-bond donors (Lipinski definition) is 2. The lowest BCUT2D eigenvalue weighted by Gasteiger charge is -2.03. The number of nitrogens with two attached hydrogens (primary N) is 1. The number of hydrogen-bond acceptors (Lipinski definition) is 2. The average molecular weight is 197 g/mol. The summed E-state index contributed by atoms with van der Waals surface area (Å²) >= 11 is 0. The van der Waals surface area contributed by atoms with Gasteiger partial charge in [0.05, 0.1) is 19.8 Å². The molecule has 0 amide bonds. The zero-order valence-electron chi connectivity index (χ0n) is 8.54. The van der Waals surface area contributed by atoms with Crippen molar-refractivity contribution in [3.8, 4) is 0 Å². The maximum atomic E-state index is 5.62. The van der Waals surface area contributed by atoms with Gasteiger partial charge in [-0.25, -0.2) is 0 Å². The fraction of sp³-hybridized carbons (Fsp3) is 0.700. The smallest absolute Gasteiger partial charge is 0.188 e. The summed E-state index contributed by atoms with van der Waals surface area (Å²) in [6.07, 6.45) is 5.16. The van der Waals surface area contributed by atoms with Crippen molar-refractivity contribution in [3.63, 3.8) is 0 Å². The minimum absolute atomic E-state index is 0.542. The summed E-state index contributed by atoms with van der Waals surface area (Å²) in [7, 11) is 0. The second-order valence-corrected chi connectivity index (χ2v) is 3.38. The van der Waals surface area contributed by atoms with E-state index in [1.807, 2.05) is 6.08 Å². The number of aliphatic imine (C=N–C) groups is 1. The Morgan fingerprint density at radius 3 is 3.00 bits per heavy atom. The molecule has 0 atom stereocenters. The first kappa shape index (κ1) is 11.0. The molecule has 0 aromatic heterocycles. The van der Waals surface area contributed by atoms with E-state index in [9.17, 15) is 0 Å². The molecule has 3 N–H and O–H groups in total. The largest absolute Gasteiger partial charge is 0.379 e. The molecule has 0 heterocycles. The monoisotopic (exact) mass is 197 g/mol. The minimum Gasteiger partial charge on any atom is -0.379 e. The molecule has 1 saturated carbocycles. The third-order valence-corrected chi connectivity index (χ3v) is 1.91. The second kappa shape index (κ2) is 6.43. The quantitative estimate of drug-likeness (QED) is 0.272. The van der Waals surface area contributed by atoms with Crippen LogP contribution in [-0.2, 0) is 4.74 Å². The number of guanidine groups is 1. The second-order valence-electron chi connectivity index (χ2n) is 3.38. The van der Waals surface area contributed by atoms with Gasteiger partial charge in [0, 0.05) is 6.04 Å². The van der Waals surface area contributed by atoms with Gasteiger partial charge < -0.3 is 15.8 Å². The van der Waals surface area contributed by atoms with E-state index in [2.05, 4.69) is 16.9 Å². The van der Waals surface area contributed by atoms with E-state index in [1.165, 1.54) is 12.8 Å². The Balaban J connectivity index is 1.92. The van der Waals surface area contributed by atoms with Crippen molar-refractivity contribution in [2.75, 3.05) is 19.8 Å². The predicted molar refractivity (Wildman–Crippen MR) is 58.3 cm³/mol. The molecule has 4 heteroatoms. The van der Waals surface area contributed by atoms with Crippen molar-refractivity contribution in [3.05, 3.63) is 12.7 Å². The van der Waals surface area contributed by atoms with Crippen molar-refractivity contribution in [2.45, 2.75) is 25.3 Å². The molecule has 1 aliphatic carbocycles. The van der Waals surface area contributed by atoms with Gasteiger partial charge in [0.25, 0.3) is 0 Å². The van der Waals surface area contributed by atoms with E-state index in [4.69, 9.17) is 10.5 Å². The molecule has 1 rings (SSSR count). The lowest BCUT2D eigenvalue weighted by molar-refractivity contribution is 0.146. The van der Waals surface area contributed by atoms with Gasteiger partial charge in [-0.1, -0.05) is 6.08 Å². The molecule has 1 fully saturated rings. The van der Waals surface area contributed by atoms with Crippen LogP contribution in [0.4, 0.5) is 0 Å². The number of ether oxygens (including phenoxy) is 1. The third-order valence-electron chi connectivity index (χ3n) is 1.91. The van der Waals surface area contributed by atoms with E-state index in [0.29, 0.717) is 25.2 Å². The van der Waals surface area contributed by atoms with Crippen molar-refractivity contribution < 1.29 is 4.74 Å². The van der Waals surface area contributed by atoms with Gasteiger partial charge in [-0.05, 0) is 19.3 Å². The standard InChI is InChI=1S/C10H19N3O/c1-2-3-7-14-8-6-12-10(11)13-9-4-5-9/h2,9H,1,3-8H2,(H3,11,12,13). The Hall–Kier alpha value is -1.03. The molecule has 0 aromatic rings. The summed E-state index contributed by atoms with van der Waals surface area (Å²) < 4.78 is 5.28. The maximum absolute atomic E-state index is 5.62. The average Bonchev–Trinajstić information content (AvgIpc) is 2.95. The number of rotatable bonds is 7. The normalized spacial score (nSPS) is 16.7. The minimum atomic E-state index is 0.542. The zero-order chi connectivity index (χ0) is 10.2. The first-order valence-electron chi connectivity index (χ1n) is 5.08. The van der Waals surface area contributed by atoms with Crippen molar-refractivity contribution in [1.29, 1.82) is 0 Å². The van der Waals surface area contributed by atoms with Gasteiger partial charge >= 0.3 is 0 Å². The topological polar surface area (TPSA) is 59.6 Å².